The molecule has 1 unspecified atom stereocenters. The molecule has 0 N–H and O–H groups in total. The van der Waals surface area contributed by atoms with Gasteiger partial charge in [0, 0.05) is 5.56 Å². The summed E-state index contributed by atoms with van der Waals surface area (Å²) in [6.07, 6.45) is -4.44. The lowest BCUT2D eigenvalue weighted by molar-refractivity contribution is -0.137. The average Bonchev–Trinajstić information content (AvgIpc) is 2.41. The third kappa shape index (κ3) is 3.63. The van der Waals surface area contributed by atoms with Crippen LogP contribution in [0.5, 0.6) is 0 Å². The van der Waals surface area contributed by atoms with Crippen molar-refractivity contribution < 1.29 is 22.0 Å². The Morgan fingerprint density at radius 3 is 2.00 bits per heavy atom. The Hall–Kier alpha value is -0.950. The normalized spacial score (nSPS) is 13.3. The second kappa shape index (κ2) is 6.04. The Labute approximate surface area is 134 Å². The lowest BCUT2D eigenvalue weighted by atomic mass is 10.0. The Bertz CT molecular complexity index is 650. The highest BCUT2D eigenvalue weighted by molar-refractivity contribution is 9.10. The molecule has 2 aromatic rings. The summed E-state index contributed by atoms with van der Waals surface area (Å²) in [5, 5.41) is 0. The van der Waals surface area contributed by atoms with E-state index >= 15 is 0 Å². The monoisotopic (exact) mass is 428 g/mol. The van der Waals surface area contributed by atoms with Crippen LogP contribution in [0, 0.1) is 11.6 Å². The molecule has 0 spiro atoms. The maximum absolute atomic E-state index is 13.8. The highest BCUT2D eigenvalue weighted by Gasteiger charge is 2.30. The van der Waals surface area contributed by atoms with Gasteiger partial charge in [-0.3, -0.25) is 0 Å². The summed E-state index contributed by atoms with van der Waals surface area (Å²) < 4.78 is 64.7. The lowest BCUT2D eigenvalue weighted by Gasteiger charge is -2.14. The van der Waals surface area contributed by atoms with Crippen LogP contribution in [0.2, 0.25) is 0 Å². The summed E-state index contributed by atoms with van der Waals surface area (Å²) in [6, 6.07) is 6.22. The second-order valence-corrected chi connectivity index (χ2v) is 6.04. The van der Waals surface area contributed by atoms with Crippen molar-refractivity contribution in [2.45, 2.75) is 11.0 Å². The summed E-state index contributed by atoms with van der Waals surface area (Å²) in [6.45, 7) is 0. The average molecular weight is 430 g/mol. The Morgan fingerprint density at radius 1 is 0.905 bits per heavy atom. The van der Waals surface area contributed by atoms with Crippen molar-refractivity contribution in [2.24, 2.45) is 0 Å². The van der Waals surface area contributed by atoms with Gasteiger partial charge in [0.1, 0.15) is 11.6 Å². The van der Waals surface area contributed by atoms with Crippen molar-refractivity contribution in [1.82, 2.24) is 0 Å². The molecule has 7 heteroatoms. The zero-order valence-corrected chi connectivity index (χ0v) is 13.4. The van der Waals surface area contributed by atoms with Crippen molar-refractivity contribution in [3.63, 3.8) is 0 Å². The van der Waals surface area contributed by atoms with Gasteiger partial charge in [0.05, 0.1) is 14.9 Å². The van der Waals surface area contributed by atoms with E-state index < -0.39 is 28.2 Å². The molecule has 0 heterocycles. The van der Waals surface area contributed by atoms with E-state index in [1.165, 1.54) is 12.1 Å². The first-order valence-electron chi connectivity index (χ1n) is 5.66. The lowest BCUT2D eigenvalue weighted by Crippen LogP contribution is -2.05. The van der Waals surface area contributed by atoms with E-state index in [9.17, 15) is 22.0 Å². The molecule has 0 aliphatic heterocycles. The van der Waals surface area contributed by atoms with E-state index in [0.717, 1.165) is 24.3 Å². The van der Waals surface area contributed by atoms with Crippen LogP contribution in [-0.2, 0) is 6.18 Å². The van der Waals surface area contributed by atoms with Crippen LogP contribution in [-0.4, -0.2) is 0 Å². The molecular weight excluding hydrogens is 423 g/mol. The molecule has 0 fully saturated rings. The topological polar surface area (TPSA) is 0 Å². The van der Waals surface area contributed by atoms with Gasteiger partial charge in [-0.05, 0) is 45.8 Å². The van der Waals surface area contributed by atoms with Crippen molar-refractivity contribution in [3.8, 4) is 0 Å². The highest BCUT2D eigenvalue weighted by atomic mass is 79.9. The van der Waals surface area contributed by atoms with Crippen molar-refractivity contribution >= 4 is 31.9 Å². The zero-order chi connectivity index (χ0) is 15.8. The molecule has 2 aromatic carbocycles. The SMILES string of the molecule is Fc1cc(C(Br)c2ccc(C(F)(F)F)cc2)c(F)cc1Br. The third-order valence-electron chi connectivity index (χ3n) is 2.84. The summed E-state index contributed by atoms with van der Waals surface area (Å²) in [4.78, 5) is -0.748. The molecule has 2 rings (SSSR count). The highest BCUT2D eigenvalue weighted by Crippen LogP contribution is 2.36. The molecule has 0 aliphatic carbocycles. The molecule has 21 heavy (non-hydrogen) atoms. The second-order valence-electron chi connectivity index (χ2n) is 4.27. The fraction of sp³-hybridized carbons (Fsp3) is 0.143. The van der Waals surface area contributed by atoms with Crippen LogP contribution in [0.15, 0.2) is 40.9 Å². The summed E-state index contributed by atoms with van der Waals surface area (Å²) in [7, 11) is 0. The molecule has 0 aliphatic rings. The Balaban J connectivity index is 2.36. The Morgan fingerprint density at radius 2 is 1.48 bits per heavy atom. The van der Waals surface area contributed by atoms with Crippen LogP contribution in [0.25, 0.3) is 0 Å². The van der Waals surface area contributed by atoms with E-state index in [0.29, 0.717) is 5.56 Å². The van der Waals surface area contributed by atoms with Crippen molar-refractivity contribution in [2.75, 3.05) is 0 Å². The first-order valence-corrected chi connectivity index (χ1v) is 7.36. The van der Waals surface area contributed by atoms with Gasteiger partial charge in [-0.25, -0.2) is 8.78 Å². The number of hydrogen-bond donors (Lipinski definition) is 0. The molecule has 0 amide bonds. The van der Waals surface area contributed by atoms with E-state index in [2.05, 4.69) is 31.9 Å². The fourth-order valence-corrected chi connectivity index (χ4v) is 2.72. The van der Waals surface area contributed by atoms with Gasteiger partial charge in [-0.15, -0.1) is 0 Å². The molecule has 0 bridgehead atoms. The quantitative estimate of drug-likeness (QED) is 0.301. The van der Waals surface area contributed by atoms with Crippen LogP contribution < -0.4 is 0 Å². The summed E-state index contributed by atoms with van der Waals surface area (Å²) in [5.41, 5.74) is -0.396. The minimum Gasteiger partial charge on any atom is -0.207 e. The van der Waals surface area contributed by atoms with Gasteiger partial charge in [-0.1, -0.05) is 28.1 Å². The number of alkyl halides is 4. The molecule has 0 radical (unpaired) electrons. The van der Waals surface area contributed by atoms with E-state index in [1.54, 1.807) is 0 Å². The molecule has 0 nitrogen and oxygen atoms in total. The van der Waals surface area contributed by atoms with Gasteiger partial charge >= 0.3 is 6.18 Å². The maximum atomic E-state index is 13.8. The number of benzene rings is 2. The molecule has 0 saturated heterocycles. The number of halogens is 7. The molecular formula is C14H7Br2F5. The number of rotatable bonds is 2. The van der Waals surface area contributed by atoms with Gasteiger partial charge < -0.3 is 0 Å². The van der Waals surface area contributed by atoms with Crippen molar-refractivity contribution in [3.05, 3.63) is 69.2 Å². The van der Waals surface area contributed by atoms with Crippen LogP contribution in [0.1, 0.15) is 21.5 Å². The van der Waals surface area contributed by atoms with Gasteiger partial charge in [-0.2, -0.15) is 13.2 Å². The van der Waals surface area contributed by atoms with Gasteiger partial charge in [0.2, 0.25) is 0 Å². The smallest absolute Gasteiger partial charge is 0.207 e. The van der Waals surface area contributed by atoms with Crippen LogP contribution in [0.3, 0.4) is 0 Å². The Kier molecular flexibility index (Phi) is 4.72. The van der Waals surface area contributed by atoms with E-state index in [-0.39, 0.29) is 10.0 Å². The predicted molar refractivity (Wildman–Crippen MR) is 76.3 cm³/mol. The first kappa shape index (κ1) is 16.4. The van der Waals surface area contributed by atoms with Gasteiger partial charge in [0.15, 0.2) is 0 Å². The standard InChI is InChI=1S/C14H7Br2F5/c15-10-6-11(17)9(5-12(10)18)13(16)7-1-3-8(4-2-7)14(19,20)21/h1-6,13H. The summed E-state index contributed by atoms with van der Waals surface area (Å²) >= 11 is 6.04. The van der Waals surface area contributed by atoms with Crippen LogP contribution in [0.4, 0.5) is 22.0 Å². The largest absolute Gasteiger partial charge is 0.416 e. The van der Waals surface area contributed by atoms with Gasteiger partial charge in [0.25, 0.3) is 0 Å². The van der Waals surface area contributed by atoms with E-state index in [1.807, 2.05) is 0 Å². The predicted octanol–water partition coefficient (Wildman–Crippen LogP) is 6.23. The fourth-order valence-electron chi connectivity index (χ4n) is 1.75. The molecule has 0 saturated carbocycles. The maximum Gasteiger partial charge on any atom is 0.416 e. The summed E-state index contributed by atoms with van der Waals surface area (Å²) in [5.74, 6) is -1.31. The zero-order valence-electron chi connectivity index (χ0n) is 10.2. The molecule has 0 aromatic heterocycles. The molecule has 112 valence electrons. The van der Waals surface area contributed by atoms with E-state index in [4.69, 9.17) is 0 Å². The third-order valence-corrected chi connectivity index (χ3v) is 4.47. The van der Waals surface area contributed by atoms with Crippen LogP contribution >= 0.6 is 31.9 Å². The number of hydrogen-bond acceptors (Lipinski definition) is 0. The minimum absolute atomic E-state index is 0.00968. The first-order chi connectivity index (χ1) is 9.70. The minimum atomic E-state index is -4.44. The van der Waals surface area contributed by atoms with Crippen molar-refractivity contribution in [1.29, 1.82) is 0 Å². The molecule has 1 atom stereocenters.